The summed E-state index contributed by atoms with van der Waals surface area (Å²) in [5, 5.41) is 2.84. The highest BCUT2D eigenvalue weighted by Crippen LogP contribution is 2.31. The minimum atomic E-state index is -2.69. The van der Waals surface area contributed by atoms with Gasteiger partial charge in [0, 0.05) is 0 Å². The van der Waals surface area contributed by atoms with Gasteiger partial charge in [0.15, 0.2) is 5.69 Å². The summed E-state index contributed by atoms with van der Waals surface area (Å²) in [5.41, 5.74) is -0.534. The van der Waals surface area contributed by atoms with Crippen LogP contribution in [0.3, 0.4) is 0 Å². The molecule has 1 aromatic rings. The van der Waals surface area contributed by atoms with Gasteiger partial charge in [-0.1, -0.05) is 16.8 Å². The predicted octanol–water partition coefficient (Wildman–Crippen LogP) is 3.03. The molecule has 0 aromatic carbocycles. The lowest BCUT2D eigenvalue weighted by molar-refractivity contribution is 0.140. The number of hydrogen-bond acceptors (Lipinski definition) is 2. The number of hydrogen-bond donors (Lipinski definition) is 0. The summed E-state index contributed by atoms with van der Waals surface area (Å²) in [7, 11) is 0. The third kappa shape index (κ3) is 1.29. The molecule has 0 fully saturated rings. The van der Waals surface area contributed by atoms with E-state index < -0.39 is 12.1 Å². The summed E-state index contributed by atoms with van der Waals surface area (Å²) in [6, 6.07) is 0. The normalized spacial score (nSPS) is 10.9. The average Bonchev–Trinajstić information content (AvgIpc) is 2.14. The van der Waals surface area contributed by atoms with E-state index in [0.29, 0.717) is 0 Å². The molecular weight excluding hydrogens is 231 g/mol. The first kappa shape index (κ1) is 7.94. The largest absolute Gasteiger partial charge is 0.347 e. The van der Waals surface area contributed by atoms with Gasteiger partial charge in [0.2, 0.25) is 4.67 Å². The van der Waals surface area contributed by atoms with E-state index >= 15 is 0 Å². The smallest absolute Gasteiger partial charge is 0.285 e. The summed E-state index contributed by atoms with van der Waals surface area (Å²) in [4.78, 5) is 0. The van der Waals surface area contributed by atoms with E-state index in [4.69, 9.17) is 11.6 Å². The molecule has 1 rings (SSSR count). The van der Waals surface area contributed by atoms with Gasteiger partial charge in [-0.2, -0.15) is 0 Å². The van der Waals surface area contributed by atoms with E-state index in [1.165, 1.54) is 0 Å². The number of aromatic nitrogens is 1. The van der Waals surface area contributed by atoms with Crippen LogP contribution in [0.25, 0.3) is 0 Å². The molecule has 0 aliphatic heterocycles. The van der Waals surface area contributed by atoms with Crippen molar-refractivity contribution in [3.8, 4) is 0 Å². The number of halogens is 4. The Kier molecular flexibility index (Phi) is 2.25. The molecule has 0 N–H and O–H groups in total. The van der Waals surface area contributed by atoms with Crippen LogP contribution >= 0.6 is 27.5 Å². The SMILES string of the molecule is FC(F)c1noc(Br)c1Cl. The molecule has 1 heterocycles. The quantitative estimate of drug-likeness (QED) is 0.744. The maximum absolute atomic E-state index is 11.8. The highest BCUT2D eigenvalue weighted by Gasteiger charge is 2.19. The lowest BCUT2D eigenvalue weighted by atomic mass is 10.5. The minimum absolute atomic E-state index is 0.0319. The van der Waals surface area contributed by atoms with Crippen LogP contribution in [0.4, 0.5) is 8.78 Å². The molecule has 0 saturated heterocycles. The minimum Gasteiger partial charge on any atom is -0.347 e. The fourth-order valence-electron chi connectivity index (χ4n) is 0.406. The first-order valence-corrected chi connectivity index (χ1v) is 3.38. The maximum atomic E-state index is 11.8. The molecule has 0 spiro atoms. The van der Waals surface area contributed by atoms with Crippen molar-refractivity contribution in [1.82, 2.24) is 5.16 Å². The first-order chi connectivity index (χ1) is 4.63. The third-order valence-corrected chi connectivity index (χ3v) is 1.96. The Hall–Kier alpha value is -0.160. The predicted molar refractivity (Wildman–Crippen MR) is 34.2 cm³/mol. The second-order valence-corrected chi connectivity index (χ2v) is 2.55. The molecule has 0 bridgehead atoms. The summed E-state index contributed by atoms with van der Waals surface area (Å²) in [6.45, 7) is 0. The van der Waals surface area contributed by atoms with E-state index in [1.54, 1.807) is 0 Å². The van der Waals surface area contributed by atoms with Crippen LogP contribution in [0.15, 0.2) is 9.19 Å². The molecule has 0 aliphatic carbocycles. The molecule has 0 amide bonds. The van der Waals surface area contributed by atoms with E-state index in [9.17, 15) is 8.78 Å². The Morgan fingerprint density at radius 1 is 1.60 bits per heavy atom. The van der Waals surface area contributed by atoms with Crippen molar-refractivity contribution in [3.63, 3.8) is 0 Å². The van der Waals surface area contributed by atoms with Crippen LogP contribution in [0, 0.1) is 0 Å². The van der Waals surface area contributed by atoms with Gasteiger partial charge < -0.3 is 4.52 Å². The van der Waals surface area contributed by atoms with Crippen molar-refractivity contribution in [2.75, 3.05) is 0 Å². The van der Waals surface area contributed by atoms with Crippen molar-refractivity contribution in [2.24, 2.45) is 0 Å². The van der Waals surface area contributed by atoms with E-state index in [0.717, 1.165) is 0 Å². The van der Waals surface area contributed by atoms with Gasteiger partial charge in [-0.15, -0.1) is 0 Å². The molecular formula is C4HBrClF2NO. The molecule has 6 heteroatoms. The molecule has 56 valence electrons. The van der Waals surface area contributed by atoms with Crippen molar-refractivity contribution < 1.29 is 13.3 Å². The van der Waals surface area contributed by atoms with Gasteiger partial charge in [-0.05, 0) is 15.9 Å². The fourth-order valence-corrected chi connectivity index (χ4v) is 0.833. The van der Waals surface area contributed by atoms with Gasteiger partial charge in [-0.3, -0.25) is 0 Å². The van der Waals surface area contributed by atoms with Crippen molar-refractivity contribution in [2.45, 2.75) is 6.43 Å². The lowest BCUT2D eigenvalue weighted by Crippen LogP contribution is -1.82. The standard InChI is InChI=1S/C4HBrClF2NO/c5-3-1(6)2(4(7)8)9-10-3/h4H. The van der Waals surface area contributed by atoms with Crippen LogP contribution < -0.4 is 0 Å². The summed E-state index contributed by atoms with van der Waals surface area (Å²) in [5.74, 6) is 0. The number of nitrogens with zero attached hydrogens (tertiary/aromatic N) is 1. The zero-order valence-electron chi connectivity index (χ0n) is 4.44. The van der Waals surface area contributed by atoms with Crippen LogP contribution in [-0.2, 0) is 0 Å². The highest BCUT2D eigenvalue weighted by molar-refractivity contribution is 9.10. The Morgan fingerprint density at radius 2 is 2.20 bits per heavy atom. The van der Waals surface area contributed by atoms with Crippen molar-refractivity contribution >= 4 is 27.5 Å². The Bertz CT molecular complexity index is 239. The lowest BCUT2D eigenvalue weighted by Gasteiger charge is -1.88. The topological polar surface area (TPSA) is 26.0 Å². The van der Waals surface area contributed by atoms with Crippen LogP contribution in [0.1, 0.15) is 12.1 Å². The van der Waals surface area contributed by atoms with Crippen molar-refractivity contribution in [1.29, 1.82) is 0 Å². The molecule has 0 atom stereocenters. The van der Waals surface area contributed by atoms with Gasteiger partial charge in [-0.25, -0.2) is 8.78 Å². The fraction of sp³-hybridized carbons (Fsp3) is 0.250. The first-order valence-electron chi connectivity index (χ1n) is 2.21. The molecule has 0 saturated carbocycles. The molecule has 0 radical (unpaired) electrons. The van der Waals surface area contributed by atoms with Gasteiger partial charge in [0.1, 0.15) is 5.02 Å². The van der Waals surface area contributed by atoms with Gasteiger partial charge in [0.05, 0.1) is 0 Å². The molecule has 0 aliphatic rings. The molecule has 10 heavy (non-hydrogen) atoms. The van der Waals surface area contributed by atoms with Gasteiger partial charge in [0.25, 0.3) is 6.43 Å². The summed E-state index contributed by atoms with van der Waals surface area (Å²) >= 11 is 8.11. The van der Waals surface area contributed by atoms with E-state index in [-0.39, 0.29) is 9.69 Å². The molecule has 1 aromatic heterocycles. The zero-order valence-corrected chi connectivity index (χ0v) is 6.79. The molecule has 2 nitrogen and oxygen atoms in total. The van der Waals surface area contributed by atoms with Crippen LogP contribution in [0.5, 0.6) is 0 Å². The summed E-state index contributed by atoms with van der Waals surface area (Å²) < 4.78 is 28.0. The van der Waals surface area contributed by atoms with E-state index in [2.05, 4.69) is 25.6 Å². The van der Waals surface area contributed by atoms with E-state index in [1.807, 2.05) is 0 Å². The second kappa shape index (κ2) is 2.84. The average molecular weight is 232 g/mol. The number of alkyl halides is 2. The Balaban J connectivity index is 3.05. The Morgan fingerprint density at radius 3 is 2.40 bits per heavy atom. The van der Waals surface area contributed by atoms with Crippen molar-refractivity contribution in [3.05, 3.63) is 15.4 Å². The Labute approximate surface area is 68.3 Å². The molecule has 0 unspecified atom stereocenters. The highest BCUT2D eigenvalue weighted by atomic mass is 79.9. The number of rotatable bonds is 1. The maximum Gasteiger partial charge on any atom is 0.285 e. The zero-order chi connectivity index (χ0) is 7.72. The monoisotopic (exact) mass is 231 g/mol. The second-order valence-electron chi connectivity index (χ2n) is 1.46. The summed E-state index contributed by atoms with van der Waals surface area (Å²) in [6.07, 6.45) is -2.69. The third-order valence-electron chi connectivity index (χ3n) is 0.828. The van der Waals surface area contributed by atoms with Crippen LogP contribution in [-0.4, -0.2) is 5.16 Å². The van der Waals surface area contributed by atoms with Crippen LogP contribution in [0.2, 0.25) is 5.02 Å². The van der Waals surface area contributed by atoms with Gasteiger partial charge >= 0.3 is 0 Å².